The van der Waals surface area contributed by atoms with Crippen molar-refractivity contribution in [1.29, 1.82) is 0 Å². The molecule has 20 heavy (non-hydrogen) atoms. The van der Waals surface area contributed by atoms with Gasteiger partial charge in [-0.2, -0.15) is 0 Å². The van der Waals surface area contributed by atoms with Crippen LogP contribution >= 0.6 is 11.6 Å². The van der Waals surface area contributed by atoms with Crippen LogP contribution in [0.25, 0.3) is 11.4 Å². The van der Waals surface area contributed by atoms with Gasteiger partial charge in [0.15, 0.2) is 5.82 Å². The van der Waals surface area contributed by atoms with Gasteiger partial charge in [0.1, 0.15) is 11.0 Å². The van der Waals surface area contributed by atoms with Crippen molar-refractivity contribution >= 4 is 17.4 Å². The molecular weight excluding hydrogens is 274 g/mol. The number of nitrogens with zero attached hydrogens (tertiary/aromatic N) is 2. The van der Waals surface area contributed by atoms with E-state index in [0.717, 1.165) is 5.56 Å². The Kier molecular flexibility index (Phi) is 4.57. The minimum absolute atomic E-state index is 0.236. The van der Waals surface area contributed by atoms with Crippen molar-refractivity contribution in [2.75, 3.05) is 19.0 Å². The number of hydrogen-bond acceptors (Lipinski definition) is 4. The molecule has 1 aromatic carbocycles. The molecule has 106 valence electrons. The van der Waals surface area contributed by atoms with Crippen LogP contribution in [0, 0.1) is 0 Å². The largest absolute Gasteiger partial charge is 0.382 e. The smallest absolute Gasteiger partial charge is 0.163 e. The quantitative estimate of drug-likeness (QED) is 0.855. The van der Waals surface area contributed by atoms with Gasteiger partial charge in [-0.3, -0.25) is 0 Å². The molecule has 2 aromatic rings. The maximum Gasteiger partial charge on any atom is 0.163 e. The lowest BCUT2D eigenvalue weighted by atomic mass is 10.1. The van der Waals surface area contributed by atoms with E-state index in [2.05, 4.69) is 15.3 Å². The fourth-order valence-corrected chi connectivity index (χ4v) is 2.13. The number of aromatic nitrogens is 2. The van der Waals surface area contributed by atoms with Crippen LogP contribution in [0.5, 0.6) is 0 Å². The minimum Gasteiger partial charge on any atom is -0.382 e. The number of methoxy groups -OCH3 is 1. The Morgan fingerprint density at radius 2 is 1.90 bits per heavy atom. The molecule has 0 fully saturated rings. The summed E-state index contributed by atoms with van der Waals surface area (Å²) in [6.07, 6.45) is 0. The van der Waals surface area contributed by atoms with Crippen LogP contribution in [-0.4, -0.2) is 29.2 Å². The van der Waals surface area contributed by atoms with Gasteiger partial charge in [-0.1, -0.05) is 41.9 Å². The van der Waals surface area contributed by atoms with E-state index in [0.29, 0.717) is 23.4 Å². The first-order chi connectivity index (χ1) is 9.50. The molecular formula is C15H18ClN3O. The molecule has 0 amide bonds. The zero-order chi connectivity index (χ0) is 14.6. The van der Waals surface area contributed by atoms with Crippen molar-refractivity contribution in [3.8, 4) is 11.4 Å². The van der Waals surface area contributed by atoms with Crippen LogP contribution < -0.4 is 5.32 Å². The molecule has 2 rings (SSSR count). The standard InChI is InChI=1S/C15H18ClN3O/c1-15(2,10-20-3)19-13-9-12(16)17-14(18-13)11-7-5-4-6-8-11/h4-9H,10H2,1-3H3,(H,17,18,19). The number of nitrogens with one attached hydrogen (secondary N) is 1. The molecule has 1 heterocycles. The molecule has 0 bridgehead atoms. The Morgan fingerprint density at radius 3 is 2.55 bits per heavy atom. The average Bonchev–Trinajstić information content (AvgIpc) is 2.38. The van der Waals surface area contributed by atoms with Gasteiger partial charge in [-0.25, -0.2) is 9.97 Å². The van der Waals surface area contributed by atoms with Crippen LogP contribution in [0.1, 0.15) is 13.8 Å². The lowest BCUT2D eigenvalue weighted by Gasteiger charge is -2.26. The SMILES string of the molecule is COCC(C)(C)Nc1cc(Cl)nc(-c2ccccc2)n1. The van der Waals surface area contributed by atoms with Crippen LogP contribution in [0.4, 0.5) is 5.82 Å². The first-order valence-electron chi connectivity index (χ1n) is 6.37. The topological polar surface area (TPSA) is 47.0 Å². The summed E-state index contributed by atoms with van der Waals surface area (Å²) in [5, 5.41) is 3.72. The molecule has 0 aliphatic rings. The second-order valence-corrected chi connectivity index (χ2v) is 5.59. The third kappa shape index (κ3) is 3.92. The maximum atomic E-state index is 6.08. The molecule has 0 radical (unpaired) electrons. The Hall–Kier alpha value is -1.65. The lowest BCUT2D eigenvalue weighted by molar-refractivity contribution is 0.158. The van der Waals surface area contributed by atoms with Crippen LogP contribution in [0.3, 0.4) is 0 Å². The highest BCUT2D eigenvalue weighted by atomic mass is 35.5. The molecule has 0 atom stereocenters. The molecule has 0 aliphatic carbocycles. The summed E-state index contributed by atoms with van der Waals surface area (Å²) in [6, 6.07) is 11.5. The zero-order valence-corrected chi connectivity index (χ0v) is 12.6. The molecule has 1 N–H and O–H groups in total. The number of hydrogen-bond donors (Lipinski definition) is 1. The van der Waals surface area contributed by atoms with E-state index >= 15 is 0 Å². The average molecular weight is 292 g/mol. The highest BCUT2D eigenvalue weighted by Crippen LogP contribution is 2.22. The van der Waals surface area contributed by atoms with Gasteiger partial charge < -0.3 is 10.1 Å². The summed E-state index contributed by atoms with van der Waals surface area (Å²) >= 11 is 6.08. The second-order valence-electron chi connectivity index (χ2n) is 5.21. The number of ether oxygens (including phenoxy) is 1. The van der Waals surface area contributed by atoms with E-state index in [-0.39, 0.29) is 5.54 Å². The van der Waals surface area contributed by atoms with Gasteiger partial charge in [-0.05, 0) is 13.8 Å². The first kappa shape index (κ1) is 14.8. The number of halogens is 1. The van der Waals surface area contributed by atoms with E-state index in [4.69, 9.17) is 16.3 Å². The predicted molar refractivity (Wildman–Crippen MR) is 82.1 cm³/mol. The zero-order valence-electron chi connectivity index (χ0n) is 11.9. The highest BCUT2D eigenvalue weighted by molar-refractivity contribution is 6.29. The second kappa shape index (κ2) is 6.20. The van der Waals surface area contributed by atoms with Crippen molar-refractivity contribution in [2.45, 2.75) is 19.4 Å². The van der Waals surface area contributed by atoms with Crippen molar-refractivity contribution < 1.29 is 4.74 Å². The van der Waals surface area contributed by atoms with E-state index in [9.17, 15) is 0 Å². The van der Waals surface area contributed by atoms with Crippen LogP contribution in [0.2, 0.25) is 5.15 Å². The highest BCUT2D eigenvalue weighted by Gasteiger charge is 2.18. The van der Waals surface area contributed by atoms with E-state index in [1.807, 2.05) is 44.2 Å². The summed E-state index contributed by atoms with van der Waals surface area (Å²) in [5.41, 5.74) is 0.697. The van der Waals surface area contributed by atoms with E-state index in [1.165, 1.54) is 0 Å². The minimum atomic E-state index is -0.236. The van der Waals surface area contributed by atoms with Crippen LogP contribution in [-0.2, 0) is 4.74 Å². The summed E-state index contributed by atoms with van der Waals surface area (Å²) < 4.78 is 5.19. The summed E-state index contributed by atoms with van der Waals surface area (Å²) in [5.74, 6) is 1.29. The maximum absolute atomic E-state index is 6.08. The fraction of sp³-hybridized carbons (Fsp3) is 0.333. The normalized spacial score (nSPS) is 11.4. The Morgan fingerprint density at radius 1 is 1.20 bits per heavy atom. The third-order valence-electron chi connectivity index (χ3n) is 2.70. The van der Waals surface area contributed by atoms with E-state index < -0.39 is 0 Å². The molecule has 1 aromatic heterocycles. The number of rotatable bonds is 5. The third-order valence-corrected chi connectivity index (χ3v) is 2.89. The molecule has 0 aliphatic heterocycles. The monoisotopic (exact) mass is 291 g/mol. The number of anilines is 1. The van der Waals surface area contributed by atoms with Crippen LogP contribution in [0.15, 0.2) is 36.4 Å². The Bertz CT molecular complexity index is 573. The summed E-state index contributed by atoms with van der Waals surface area (Å²) in [7, 11) is 1.67. The van der Waals surface area contributed by atoms with Crippen molar-refractivity contribution in [2.24, 2.45) is 0 Å². The van der Waals surface area contributed by atoms with Gasteiger partial charge in [0.2, 0.25) is 0 Å². The van der Waals surface area contributed by atoms with Gasteiger partial charge in [0.25, 0.3) is 0 Å². The van der Waals surface area contributed by atoms with Gasteiger partial charge >= 0.3 is 0 Å². The summed E-state index contributed by atoms with van der Waals surface area (Å²) in [4.78, 5) is 8.77. The predicted octanol–water partition coefficient (Wildman–Crippen LogP) is 3.63. The fourth-order valence-electron chi connectivity index (χ4n) is 1.94. The first-order valence-corrected chi connectivity index (χ1v) is 6.75. The number of benzene rings is 1. The van der Waals surface area contributed by atoms with Crippen molar-refractivity contribution in [1.82, 2.24) is 9.97 Å². The lowest BCUT2D eigenvalue weighted by Crippen LogP contribution is -2.36. The van der Waals surface area contributed by atoms with Gasteiger partial charge in [-0.15, -0.1) is 0 Å². The van der Waals surface area contributed by atoms with Crippen molar-refractivity contribution in [3.05, 3.63) is 41.6 Å². The van der Waals surface area contributed by atoms with Crippen molar-refractivity contribution in [3.63, 3.8) is 0 Å². The Balaban J connectivity index is 2.30. The van der Waals surface area contributed by atoms with E-state index in [1.54, 1.807) is 13.2 Å². The molecule has 5 heteroatoms. The molecule has 0 saturated carbocycles. The van der Waals surface area contributed by atoms with Gasteiger partial charge in [0, 0.05) is 18.7 Å². The molecule has 4 nitrogen and oxygen atoms in total. The molecule has 0 spiro atoms. The van der Waals surface area contributed by atoms with Gasteiger partial charge in [0.05, 0.1) is 12.1 Å². The molecule has 0 unspecified atom stereocenters. The Labute approximate surface area is 124 Å². The molecule has 0 saturated heterocycles. The summed E-state index contributed by atoms with van der Waals surface area (Å²) in [6.45, 7) is 4.64.